The molecule has 40 heavy (non-hydrogen) atoms. The van der Waals surface area contributed by atoms with Crippen molar-refractivity contribution in [3.05, 3.63) is 89.5 Å². The average molecular weight is 569 g/mol. The minimum absolute atomic E-state index is 0.0182. The number of hydrogen-bond donors (Lipinski definition) is 3. The van der Waals surface area contributed by atoms with E-state index < -0.39 is 17.6 Å². The molecule has 1 atom stereocenters. The van der Waals surface area contributed by atoms with Gasteiger partial charge in [-0.05, 0) is 67.9 Å². The highest BCUT2D eigenvalue weighted by molar-refractivity contribution is 6.33. The molecule has 3 N–H and O–H groups in total. The third-order valence-electron chi connectivity index (χ3n) is 6.25. The smallest absolute Gasteiger partial charge is 0.416 e. The van der Waals surface area contributed by atoms with Gasteiger partial charge in [0.1, 0.15) is 24.5 Å². The maximum absolute atomic E-state index is 13.6. The Hall–Kier alpha value is -4.22. The molecule has 0 radical (unpaired) electrons. The normalized spacial score (nSPS) is 15.1. The lowest BCUT2D eigenvalue weighted by Crippen LogP contribution is -2.28. The minimum Gasteiger partial charge on any atom is -0.492 e. The Morgan fingerprint density at radius 3 is 2.73 bits per heavy atom. The summed E-state index contributed by atoms with van der Waals surface area (Å²) in [4.78, 5) is 25.7. The van der Waals surface area contributed by atoms with Crippen LogP contribution in [0.1, 0.15) is 28.8 Å². The molecule has 1 fully saturated rings. The van der Waals surface area contributed by atoms with E-state index in [-0.39, 0.29) is 29.6 Å². The molecule has 206 valence electrons. The summed E-state index contributed by atoms with van der Waals surface area (Å²) >= 11 is 6.40. The average Bonchev–Trinajstić information content (AvgIpc) is 3.47. The Labute approximate surface area is 233 Å². The standard InChI is InChI=1S/C28H24ClF3N6O2/c29-23-6-5-17(11-25(23)38-26-22(4-2-9-35-26)24-7-10-33-16-36-24)27(39)37-20-12-18(28(30,31)32)13-21(14-20)40-15-19-3-1-8-34-19/h2,4-7,9-14,16,19,34H,1,3,8,15H2,(H,35,38)(H,37,39). The Morgan fingerprint density at radius 1 is 1.10 bits per heavy atom. The topological polar surface area (TPSA) is 101 Å². The van der Waals surface area contributed by atoms with Crippen LogP contribution < -0.4 is 20.7 Å². The zero-order valence-electron chi connectivity index (χ0n) is 21.0. The number of alkyl halides is 3. The molecule has 8 nitrogen and oxygen atoms in total. The molecule has 5 rings (SSSR count). The van der Waals surface area contributed by atoms with Gasteiger partial charge in [-0.1, -0.05) is 11.6 Å². The van der Waals surface area contributed by atoms with E-state index in [2.05, 4.69) is 30.9 Å². The van der Waals surface area contributed by atoms with Gasteiger partial charge in [0.05, 0.1) is 22.0 Å². The van der Waals surface area contributed by atoms with Crippen LogP contribution in [-0.2, 0) is 6.18 Å². The molecule has 1 aliphatic rings. The second kappa shape index (κ2) is 11.9. The van der Waals surface area contributed by atoms with E-state index >= 15 is 0 Å². The number of halogens is 4. The SMILES string of the molecule is O=C(Nc1cc(OCC2CCCN2)cc(C(F)(F)F)c1)c1ccc(Cl)c(Nc2ncccc2-c2ccncn2)c1. The first-order valence-electron chi connectivity index (χ1n) is 12.4. The van der Waals surface area contributed by atoms with Crippen molar-refractivity contribution in [2.24, 2.45) is 0 Å². The van der Waals surface area contributed by atoms with Crippen molar-refractivity contribution >= 4 is 34.7 Å². The van der Waals surface area contributed by atoms with Crippen molar-refractivity contribution in [2.45, 2.75) is 25.1 Å². The van der Waals surface area contributed by atoms with E-state index in [4.69, 9.17) is 16.3 Å². The number of nitrogens with one attached hydrogen (secondary N) is 3. The van der Waals surface area contributed by atoms with Gasteiger partial charge in [-0.2, -0.15) is 13.2 Å². The lowest BCUT2D eigenvalue weighted by molar-refractivity contribution is -0.137. The number of anilines is 3. The predicted octanol–water partition coefficient (Wildman–Crippen LogP) is 6.34. The van der Waals surface area contributed by atoms with Crippen molar-refractivity contribution in [1.29, 1.82) is 0 Å². The fourth-order valence-electron chi connectivity index (χ4n) is 4.27. The van der Waals surface area contributed by atoms with Crippen LogP contribution in [0.5, 0.6) is 5.75 Å². The second-order valence-corrected chi connectivity index (χ2v) is 9.52. The van der Waals surface area contributed by atoms with E-state index in [1.54, 1.807) is 24.5 Å². The number of aromatic nitrogens is 3. The molecule has 1 aliphatic heterocycles. The number of amides is 1. The maximum Gasteiger partial charge on any atom is 0.416 e. The molecule has 2 aromatic carbocycles. The van der Waals surface area contributed by atoms with Crippen LogP contribution in [0.25, 0.3) is 11.3 Å². The second-order valence-electron chi connectivity index (χ2n) is 9.12. The number of ether oxygens (including phenoxy) is 1. The predicted molar refractivity (Wildman–Crippen MR) is 146 cm³/mol. The van der Waals surface area contributed by atoms with Gasteiger partial charge >= 0.3 is 6.18 Å². The van der Waals surface area contributed by atoms with Crippen LogP contribution in [0, 0.1) is 0 Å². The maximum atomic E-state index is 13.6. The van der Waals surface area contributed by atoms with Gasteiger partial charge < -0.3 is 20.7 Å². The molecule has 3 heterocycles. The summed E-state index contributed by atoms with van der Waals surface area (Å²) in [5, 5.41) is 9.22. The number of carbonyl (C=O) groups excluding carboxylic acids is 1. The Balaban J connectivity index is 1.37. The number of pyridine rings is 1. The highest BCUT2D eigenvalue weighted by atomic mass is 35.5. The van der Waals surface area contributed by atoms with Crippen LogP contribution in [0.4, 0.5) is 30.4 Å². The lowest BCUT2D eigenvalue weighted by atomic mass is 10.1. The number of nitrogens with zero attached hydrogens (tertiary/aromatic N) is 3. The van der Waals surface area contributed by atoms with E-state index in [0.29, 0.717) is 27.8 Å². The molecule has 4 aromatic rings. The molecule has 12 heteroatoms. The fraction of sp³-hybridized carbons (Fsp3) is 0.214. The van der Waals surface area contributed by atoms with Gasteiger partial charge in [0.15, 0.2) is 0 Å². The summed E-state index contributed by atoms with van der Waals surface area (Å²) in [6.45, 7) is 1.07. The summed E-state index contributed by atoms with van der Waals surface area (Å²) in [7, 11) is 0. The number of rotatable bonds is 8. The molecule has 1 unspecified atom stereocenters. The van der Waals surface area contributed by atoms with Crippen LogP contribution in [0.3, 0.4) is 0 Å². The summed E-state index contributed by atoms with van der Waals surface area (Å²) in [6.07, 6.45) is 1.86. The Kier molecular flexibility index (Phi) is 8.13. The van der Waals surface area contributed by atoms with Crippen LogP contribution >= 0.6 is 11.6 Å². The van der Waals surface area contributed by atoms with Gasteiger partial charge in [-0.15, -0.1) is 0 Å². The summed E-state index contributed by atoms with van der Waals surface area (Å²) in [6, 6.07) is 13.0. The zero-order chi connectivity index (χ0) is 28.1. The third-order valence-corrected chi connectivity index (χ3v) is 6.58. The van der Waals surface area contributed by atoms with Crippen molar-refractivity contribution < 1.29 is 22.7 Å². The summed E-state index contributed by atoms with van der Waals surface area (Å²) in [5.41, 5.74) is 0.879. The van der Waals surface area contributed by atoms with E-state index in [9.17, 15) is 18.0 Å². The monoisotopic (exact) mass is 568 g/mol. The van der Waals surface area contributed by atoms with Gasteiger partial charge in [-0.25, -0.2) is 15.0 Å². The van der Waals surface area contributed by atoms with Crippen LogP contribution in [-0.4, -0.2) is 40.1 Å². The molecular formula is C28H24ClF3N6O2. The van der Waals surface area contributed by atoms with E-state index in [1.165, 1.54) is 30.6 Å². The molecule has 0 spiro atoms. The van der Waals surface area contributed by atoms with Crippen molar-refractivity contribution in [1.82, 2.24) is 20.3 Å². The summed E-state index contributed by atoms with van der Waals surface area (Å²) < 4.78 is 46.4. The Morgan fingerprint density at radius 2 is 1.98 bits per heavy atom. The molecule has 2 aromatic heterocycles. The zero-order valence-corrected chi connectivity index (χ0v) is 21.8. The first kappa shape index (κ1) is 27.4. The molecule has 0 aliphatic carbocycles. The molecular weight excluding hydrogens is 545 g/mol. The van der Waals surface area contributed by atoms with Crippen molar-refractivity contribution in [3.8, 4) is 17.0 Å². The Bertz CT molecular complexity index is 1500. The van der Waals surface area contributed by atoms with Gasteiger partial charge in [0.2, 0.25) is 0 Å². The number of benzene rings is 2. The van der Waals surface area contributed by atoms with E-state index in [0.717, 1.165) is 31.5 Å². The quantitative estimate of drug-likeness (QED) is 0.228. The lowest BCUT2D eigenvalue weighted by Gasteiger charge is -2.16. The van der Waals surface area contributed by atoms with Crippen LogP contribution in [0.2, 0.25) is 5.02 Å². The van der Waals surface area contributed by atoms with Gasteiger partial charge in [0, 0.05) is 41.3 Å². The fourth-order valence-corrected chi connectivity index (χ4v) is 4.43. The van der Waals surface area contributed by atoms with E-state index in [1.807, 2.05) is 6.07 Å². The summed E-state index contributed by atoms with van der Waals surface area (Å²) in [5.74, 6) is -0.165. The number of hydrogen-bond acceptors (Lipinski definition) is 7. The molecule has 0 saturated carbocycles. The molecule has 0 bridgehead atoms. The van der Waals surface area contributed by atoms with Gasteiger partial charge in [0.25, 0.3) is 5.91 Å². The highest BCUT2D eigenvalue weighted by Crippen LogP contribution is 2.35. The first-order chi connectivity index (χ1) is 19.3. The third kappa shape index (κ3) is 6.67. The number of carbonyl (C=O) groups is 1. The van der Waals surface area contributed by atoms with Gasteiger partial charge in [-0.3, -0.25) is 4.79 Å². The van der Waals surface area contributed by atoms with Crippen molar-refractivity contribution in [2.75, 3.05) is 23.8 Å². The van der Waals surface area contributed by atoms with Crippen molar-refractivity contribution in [3.63, 3.8) is 0 Å². The molecule has 1 saturated heterocycles. The largest absolute Gasteiger partial charge is 0.492 e. The highest BCUT2D eigenvalue weighted by Gasteiger charge is 2.32. The minimum atomic E-state index is -4.62. The van der Waals surface area contributed by atoms with Crippen LogP contribution in [0.15, 0.2) is 73.3 Å². The first-order valence-corrected chi connectivity index (χ1v) is 12.8. The molecule has 1 amide bonds.